The van der Waals surface area contributed by atoms with E-state index >= 15 is 0 Å². The molecule has 1 aliphatic heterocycles. The number of nitrogens with one attached hydrogen (secondary N) is 1. The Morgan fingerprint density at radius 2 is 2.00 bits per heavy atom. The van der Waals surface area contributed by atoms with Crippen LogP contribution in [0.15, 0.2) is 30.5 Å². The first-order valence-electron chi connectivity index (χ1n) is 11.1. The second kappa shape index (κ2) is 8.16. The lowest BCUT2D eigenvalue weighted by atomic mass is 9.89. The van der Waals surface area contributed by atoms with Crippen LogP contribution in [0.2, 0.25) is 0 Å². The number of aromatic nitrogens is 2. The lowest BCUT2D eigenvalue weighted by Gasteiger charge is -2.38. The molecule has 0 radical (unpaired) electrons. The van der Waals surface area contributed by atoms with Crippen molar-refractivity contribution in [2.24, 2.45) is 5.92 Å². The summed E-state index contributed by atoms with van der Waals surface area (Å²) in [6.07, 6.45) is 5.51. The number of anilines is 2. The highest BCUT2D eigenvalue weighted by Gasteiger charge is 2.35. The van der Waals surface area contributed by atoms with Gasteiger partial charge in [-0.2, -0.15) is 0 Å². The normalized spacial score (nSPS) is 21.0. The summed E-state index contributed by atoms with van der Waals surface area (Å²) in [7, 11) is 0. The van der Waals surface area contributed by atoms with E-state index in [1.807, 2.05) is 13.0 Å². The number of carbonyl (C=O) groups is 2. The summed E-state index contributed by atoms with van der Waals surface area (Å²) >= 11 is 1.66. The molecule has 2 atom stereocenters. The number of rotatable bonds is 3. The van der Waals surface area contributed by atoms with Crippen LogP contribution in [-0.4, -0.2) is 33.2 Å². The number of piperidine rings is 1. The minimum atomic E-state index is -0.636. The Labute approximate surface area is 191 Å². The van der Waals surface area contributed by atoms with Gasteiger partial charge in [0.2, 0.25) is 0 Å². The van der Waals surface area contributed by atoms with Gasteiger partial charge in [-0.3, -0.25) is 9.59 Å². The minimum absolute atomic E-state index is 0.137. The number of benzene rings is 1. The van der Waals surface area contributed by atoms with Crippen LogP contribution in [0, 0.1) is 12.8 Å². The van der Waals surface area contributed by atoms with Crippen LogP contribution in [0.25, 0.3) is 10.2 Å². The maximum Gasteiger partial charge on any atom is 0.313 e. The Hall–Kier alpha value is -3.00. The van der Waals surface area contributed by atoms with Crippen LogP contribution < -0.4 is 11.1 Å². The standard InChI is InChI=1S/C24H27N5O2S/c1-13-3-7-20(16-6-8-21-19(9-16)27-14(2)32-21)29(12-13)24(31)23(30)28-17-10-18(15-4-5-15)22(25)26-11-17/h6,8-11,13,15,20H,3-5,7,12H2,1-2H3,(H2,25,26)(H,28,30). The van der Waals surface area contributed by atoms with E-state index in [-0.39, 0.29) is 6.04 Å². The van der Waals surface area contributed by atoms with Gasteiger partial charge in [-0.05, 0) is 73.8 Å². The molecule has 0 spiro atoms. The van der Waals surface area contributed by atoms with Crippen LogP contribution in [0.3, 0.4) is 0 Å². The van der Waals surface area contributed by atoms with Gasteiger partial charge in [0.25, 0.3) is 0 Å². The quantitative estimate of drug-likeness (QED) is 0.577. The fraction of sp³-hybridized carbons (Fsp3) is 0.417. The molecule has 3 N–H and O–H groups in total. The third kappa shape index (κ3) is 4.07. The van der Waals surface area contributed by atoms with Gasteiger partial charge >= 0.3 is 11.8 Å². The van der Waals surface area contributed by atoms with Crippen molar-refractivity contribution in [3.05, 3.63) is 46.6 Å². The van der Waals surface area contributed by atoms with Crippen LogP contribution in [0.1, 0.15) is 60.7 Å². The van der Waals surface area contributed by atoms with Gasteiger partial charge in [-0.1, -0.05) is 13.0 Å². The first-order valence-corrected chi connectivity index (χ1v) is 11.9. The number of hydrogen-bond acceptors (Lipinski definition) is 6. The van der Waals surface area contributed by atoms with Crippen molar-refractivity contribution < 1.29 is 9.59 Å². The molecule has 1 saturated heterocycles. The van der Waals surface area contributed by atoms with E-state index in [9.17, 15) is 9.59 Å². The molecule has 2 aliphatic rings. The van der Waals surface area contributed by atoms with Gasteiger partial charge in [0.1, 0.15) is 5.82 Å². The third-order valence-electron chi connectivity index (χ3n) is 6.40. The van der Waals surface area contributed by atoms with E-state index in [0.29, 0.717) is 29.9 Å². The summed E-state index contributed by atoms with van der Waals surface area (Å²) in [5.74, 6) is 0.0952. The molecule has 7 nitrogen and oxygen atoms in total. The topological polar surface area (TPSA) is 101 Å². The second-order valence-electron chi connectivity index (χ2n) is 9.04. The third-order valence-corrected chi connectivity index (χ3v) is 7.35. The largest absolute Gasteiger partial charge is 0.383 e. The number of likely N-dealkylation sites (tertiary alicyclic amines) is 1. The van der Waals surface area contributed by atoms with E-state index in [4.69, 9.17) is 5.73 Å². The van der Waals surface area contributed by atoms with Gasteiger partial charge in [0.15, 0.2) is 0 Å². The molecule has 2 amide bonds. The molecular formula is C24H27N5O2S. The summed E-state index contributed by atoms with van der Waals surface area (Å²) < 4.78 is 1.13. The molecule has 3 heterocycles. The predicted octanol–water partition coefficient (Wildman–Crippen LogP) is 4.40. The fourth-order valence-corrected chi connectivity index (χ4v) is 5.40. The number of amides is 2. The monoisotopic (exact) mass is 449 g/mol. The Balaban J connectivity index is 1.38. The molecule has 8 heteroatoms. The van der Waals surface area contributed by atoms with Crippen molar-refractivity contribution in [1.29, 1.82) is 0 Å². The molecule has 5 rings (SSSR count). The number of fused-ring (bicyclic) bond motifs is 1. The molecule has 1 aliphatic carbocycles. The molecule has 166 valence electrons. The highest BCUT2D eigenvalue weighted by molar-refractivity contribution is 7.18. The molecule has 2 fully saturated rings. The predicted molar refractivity (Wildman–Crippen MR) is 126 cm³/mol. The Bertz CT molecular complexity index is 1200. The highest BCUT2D eigenvalue weighted by Crippen LogP contribution is 2.43. The molecule has 32 heavy (non-hydrogen) atoms. The first-order chi connectivity index (χ1) is 15.4. The van der Waals surface area contributed by atoms with E-state index in [1.165, 1.54) is 6.20 Å². The average Bonchev–Trinajstić information content (AvgIpc) is 3.54. The van der Waals surface area contributed by atoms with Gasteiger partial charge in [0, 0.05) is 6.54 Å². The minimum Gasteiger partial charge on any atom is -0.383 e. The Kier molecular flexibility index (Phi) is 5.33. The van der Waals surface area contributed by atoms with Crippen LogP contribution in [-0.2, 0) is 9.59 Å². The van der Waals surface area contributed by atoms with Crippen molar-refractivity contribution in [1.82, 2.24) is 14.9 Å². The Morgan fingerprint density at radius 1 is 1.19 bits per heavy atom. The van der Waals surface area contributed by atoms with Crippen LogP contribution in [0.5, 0.6) is 0 Å². The van der Waals surface area contributed by atoms with Crippen molar-refractivity contribution in [3.63, 3.8) is 0 Å². The lowest BCUT2D eigenvalue weighted by Crippen LogP contribution is -2.46. The number of carbonyl (C=O) groups excluding carboxylic acids is 2. The number of pyridine rings is 1. The van der Waals surface area contributed by atoms with Crippen LogP contribution in [0.4, 0.5) is 11.5 Å². The molecule has 2 unspecified atom stereocenters. The van der Waals surface area contributed by atoms with Gasteiger partial charge in [-0.15, -0.1) is 11.3 Å². The molecule has 1 aromatic carbocycles. The molecule has 1 saturated carbocycles. The van der Waals surface area contributed by atoms with Crippen molar-refractivity contribution in [3.8, 4) is 0 Å². The zero-order chi connectivity index (χ0) is 22.4. The summed E-state index contributed by atoms with van der Waals surface area (Å²) in [5.41, 5.74) is 9.41. The maximum absolute atomic E-state index is 13.3. The number of nitrogen functional groups attached to an aromatic ring is 1. The van der Waals surface area contributed by atoms with E-state index in [2.05, 4.69) is 40.4 Å². The number of thiazole rings is 1. The fourth-order valence-electron chi connectivity index (χ4n) is 4.59. The zero-order valence-corrected chi connectivity index (χ0v) is 19.1. The first kappa shape index (κ1) is 20.9. The molecule has 2 aromatic heterocycles. The molecule has 3 aromatic rings. The summed E-state index contributed by atoms with van der Waals surface area (Å²) in [5, 5.41) is 3.77. The highest BCUT2D eigenvalue weighted by atomic mass is 32.1. The zero-order valence-electron chi connectivity index (χ0n) is 18.3. The second-order valence-corrected chi connectivity index (χ2v) is 10.3. The van der Waals surface area contributed by atoms with Crippen LogP contribution >= 0.6 is 11.3 Å². The number of nitrogens with zero attached hydrogens (tertiary/aromatic N) is 3. The lowest BCUT2D eigenvalue weighted by molar-refractivity contribution is -0.146. The van der Waals surface area contributed by atoms with E-state index in [1.54, 1.807) is 16.2 Å². The smallest absolute Gasteiger partial charge is 0.313 e. The summed E-state index contributed by atoms with van der Waals surface area (Å²) in [6.45, 7) is 4.67. The van der Waals surface area contributed by atoms with Crippen molar-refractivity contribution in [2.75, 3.05) is 17.6 Å². The van der Waals surface area contributed by atoms with Gasteiger partial charge < -0.3 is 16.0 Å². The van der Waals surface area contributed by atoms with E-state index < -0.39 is 11.8 Å². The van der Waals surface area contributed by atoms with Crippen molar-refractivity contribution in [2.45, 2.75) is 51.5 Å². The van der Waals surface area contributed by atoms with Gasteiger partial charge in [0.05, 0.1) is 33.2 Å². The maximum atomic E-state index is 13.3. The molecule has 0 bridgehead atoms. The van der Waals surface area contributed by atoms with Gasteiger partial charge in [-0.25, -0.2) is 9.97 Å². The average molecular weight is 450 g/mol. The summed E-state index contributed by atoms with van der Waals surface area (Å²) in [6, 6.07) is 7.89. The number of hydrogen-bond donors (Lipinski definition) is 2. The SMILES string of the molecule is Cc1nc2cc(C3CCC(C)CN3C(=O)C(=O)Nc3cnc(N)c(C4CC4)c3)ccc2s1. The number of nitrogens with two attached hydrogens (primary N) is 1. The van der Waals surface area contributed by atoms with Crippen molar-refractivity contribution >= 4 is 44.9 Å². The Morgan fingerprint density at radius 3 is 2.78 bits per heavy atom. The summed E-state index contributed by atoms with van der Waals surface area (Å²) in [4.78, 5) is 36.7. The van der Waals surface area contributed by atoms with E-state index in [0.717, 1.165) is 52.0 Å². The number of aryl methyl sites for hydroxylation is 1. The molecular weight excluding hydrogens is 422 g/mol.